The van der Waals surface area contributed by atoms with Gasteiger partial charge in [-0.25, -0.2) is 0 Å². The zero-order valence-corrected chi connectivity index (χ0v) is 12.0. The Balaban J connectivity index is 2.15. The van der Waals surface area contributed by atoms with Crippen LogP contribution in [0.1, 0.15) is 19.3 Å². The van der Waals surface area contributed by atoms with E-state index in [2.05, 4.69) is 10.2 Å². The van der Waals surface area contributed by atoms with Crippen molar-refractivity contribution in [3.63, 3.8) is 0 Å². The first-order valence-corrected chi connectivity index (χ1v) is 7.01. The van der Waals surface area contributed by atoms with Gasteiger partial charge in [-0.3, -0.25) is 4.79 Å². The fraction of sp³-hybridized carbons (Fsp3) is 0.923. The molecule has 0 aromatic carbocycles. The first-order valence-electron chi connectivity index (χ1n) is 7.01. The monoisotopic (exact) mass is 293 g/mol. The van der Waals surface area contributed by atoms with Crippen LogP contribution in [0.3, 0.4) is 0 Å². The second kappa shape index (κ2) is 5.52. The Morgan fingerprint density at radius 2 is 2.15 bits per heavy atom. The number of hydrogen-bond donors (Lipinski definition) is 1. The minimum Gasteiger partial charge on any atom is -0.341 e. The van der Waals surface area contributed by atoms with Gasteiger partial charge in [0.05, 0.1) is 0 Å². The molecule has 0 saturated carbocycles. The SMILES string of the molecule is CN1CCCC(N(C)C(=O)C2(C(F)(F)F)CCNC2)C1. The van der Waals surface area contributed by atoms with Crippen LogP contribution >= 0.6 is 0 Å². The van der Waals surface area contributed by atoms with Crippen LogP contribution in [0.4, 0.5) is 13.2 Å². The van der Waals surface area contributed by atoms with E-state index in [1.54, 1.807) is 0 Å². The van der Waals surface area contributed by atoms with Crippen molar-refractivity contribution >= 4 is 5.91 Å². The Hall–Kier alpha value is -0.820. The maximum Gasteiger partial charge on any atom is 0.404 e. The average molecular weight is 293 g/mol. The largest absolute Gasteiger partial charge is 0.404 e. The third kappa shape index (κ3) is 2.65. The highest BCUT2D eigenvalue weighted by Gasteiger charge is 2.62. The molecule has 7 heteroatoms. The summed E-state index contributed by atoms with van der Waals surface area (Å²) < 4.78 is 40.1. The fourth-order valence-electron chi connectivity index (χ4n) is 3.20. The summed E-state index contributed by atoms with van der Waals surface area (Å²) in [6.07, 6.45) is -2.98. The summed E-state index contributed by atoms with van der Waals surface area (Å²) in [7, 11) is 3.44. The standard InChI is InChI=1S/C13H22F3N3O/c1-18-7-3-4-10(8-18)19(2)11(20)12(13(14,15)16)5-6-17-9-12/h10,17H,3-9H2,1-2H3. The Morgan fingerprint density at radius 1 is 1.45 bits per heavy atom. The van der Waals surface area contributed by atoms with Gasteiger partial charge in [-0.15, -0.1) is 0 Å². The van der Waals surface area contributed by atoms with E-state index in [-0.39, 0.29) is 25.6 Å². The van der Waals surface area contributed by atoms with Crippen LogP contribution in [-0.2, 0) is 4.79 Å². The molecule has 2 atom stereocenters. The number of nitrogens with one attached hydrogen (secondary N) is 1. The number of nitrogens with zero attached hydrogens (tertiary/aromatic N) is 2. The third-order valence-electron chi connectivity index (χ3n) is 4.58. The summed E-state index contributed by atoms with van der Waals surface area (Å²) in [4.78, 5) is 15.9. The normalized spacial score (nSPS) is 32.4. The fourth-order valence-corrected chi connectivity index (χ4v) is 3.20. The highest BCUT2D eigenvalue weighted by molar-refractivity contribution is 5.84. The number of likely N-dealkylation sites (tertiary alicyclic amines) is 1. The van der Waals surface area contributed by atoms with E-state index in [0.717, 1.165) is 19.4 Å². The number of rotatable bonds is 2. The average Bonchev–Trinajstić information content (AvgIpc) is 2.87. The van der Waals surface area contributed by atoms with Crippen molar-refractivity contribution in [2.45, 2.75) is 31.5 Å². The highest BCUT2D eigenvalue weighted by atomic mass is 19.4. The molecular weight excluding hydrogens is 271 g/mol. The minimum atomic E-state index is -4.50. The quantitative estimate of drug-likeness (QED) is 0.827. The first kappa shape index (κ1) is 15.6. The number of carbonyl (C=O) groups is 1. The van der Waals surface area contributed by atoms with Gasteiger partial charge in [-0.1, -0.05) is 0 Å². The van der Waals surface area contributed by atoms with Gasteiger partial charge in [0, 0.05) is 26.2 Å². The van der Waals surface area contributed by atoms with Crippen molar-refractivity contribution in [3.05, 3.63) is 0 Å². The minimum absolute atomic E-state index is 0.124. The van der Waals surface area contributed by atoms with Crippen LogP contribution in [-0.4, -0.2) is 68.2 Å². The van der Waals surface area contributed by atoms with Gasteiger partial charge in [-0.2, -0.15) is 13.2 Å². The van der Waals surface area contributed by atoms with E-state index in [1.807, 2.05) is 7.05 Å². The second-order valence-corrected chi connectivity index (χ2v) is 5.98. The number of hydrogen-bond acceptors (Lipinski definition) is 3. The Kier molecular flexibility index (Phi) is 4.30. The van der Waals surface area contributed by atoms with Gasteiger partial charge in [0.1, 0.15) is 0 Å². The number of alkyl halides is 3. The molecule has 2 rings (SSSR count). The van der Waals surface area contributed by atoms with E-state index >= 15 is 0 Å². The first-order chi connectivity index (χ1) is 9.28. The van der Waals surface area contributed by atoms with Crippen molar-refractivity contribution < 1.29 is 18.0 Å². The molecule has 1 N–H and O–H groups in total. The maximum atomic E-state index is 13.4. The summed E-state index contributed by atoms with van der Waals surface area (Å²) >= 11 is 0. The van der Waals surface area contributed by atoms with Crippen LogP contribution < -0.4 is 5.32 Å². The zero-order chi connectivity index (χ0) is 15.0. The summed E-state index contributed by atoms with van der Waals surface area (Å²) in [5.41, 5.74) is -2.24. The van der Waals surface area contributed by atoms with Crippen molar-refractivity contribution in [3.8, 4) is 0 Å². The summed E-state index contributed by atoms with van der Waals surface area (Å²) in [6.45, 7) is 1.51. The Morgan fingerprint density at radius 3 is 2.65 bits per heavy atom. The number of likely N-dealkylation sites (N-methyl/N-ethyl adjacent to an activating group) is 2. The van der Waals surface area contributed by atoms with Crippen molar-refractivity contribution in [2.24, 2.45) is 5.41 Å². The molecule has 0 radical (unpaired) electrons. The smallest absolute Gasteiger partial charge is 0.341 e. The van der Waals surface area contributed by atoms with Gasteiger partial charge >= 0.3 is 6.18 Å². The number of amides is 1. The molecular formula is C13H22F3N3O. The molecule has 2 saturated heterocycles. The lowest BCUT2D eigenvalue weighted by molar-refractivity contribution is -0.222. The van der Waals surface area contributed by atoms with E-state index < -0.39 is 17.5 Å². The van der Waals surface area contributed by atoms with Gasteiger partial charge < -0.3 is 15.1 Å². The molecule has 0 aromatic heterocycles. The molecule has 0 bridgehead atoms. The van der Waals surface area contributed by atoms with Crippen LogP contribution in [0.2, 0.25) is 0 Å². The lowest BCUT2D eigenvalue weighted by Crippen LogP contribution is -2.57. The highest BCUT2D eigenvalue weighted by Crippen LogP contribution is 2.44. The van der Waals surface area contributed by atoms with E-state index in [9.17, 15) is 18.0 Å². The third-order valence-corrected chi connectivity index (χ3v) is 4.58. The molecule has 4 nitrogen and oxygen atoms in total. The molecule has 2 unspecified atom stereocenters. The molecule has 2 aliphatic heterocycles. The molecule has 116 valence electrons. The van der Waals surface area contributed by atoms with Gasteiger partial charge in [0.2, 0.25) is 5.91 Å². The molecule has 20 heavy (non-hydrogen) atoms. The topological polar surface area (TPSA) is 35.6 Å². The summed E-state index contributed by atoms with van der Waals surface area (Å²) in [5.74, 6) is -0.782. The number of halogens is 3. The number of piperidine rings is 1. The van der Waals surface area contributed by atoms with Crippen LogP contribution in [0, 0.1) is 5.41 Å². The maximum absolute atomic E-state index is 13.4. The molecule has 1 amide bonds. The molecule has 0 aliphatic carbocycles. The molecule has 0 aromatic rings. The predicted molar refractivity (Wildman–Crippen MR) is 69.3 cm³/mol. The predicted octanol–water partition coefficient (Wildman–Crippen LogP) is 1.08. The molecule has 0 spiro atoms. The second-order valence-electron chi connectivity index (χ2n) is 5.98. The van der Waals surface area contributed by atoms with Crippen molar-refractivity contribution in [2.75, 3.05) is 40.3 Å². The van der Waals surface area contributed by atoms with Crippen LogP contribution in [0.5, 0.6) is 0 Å². The molecule has 2 heterocycles. The van der Waals surface area contributed by atoms with Gasteiger partial charge in [-0.05, 0) is 39.4 Å². The molecule has 2 aliphatic rings. The van der Waals surface area contributed by atoms with E-state index in [1.165, 1.54) is 11.9 Å². The zero-order valence-electron chi connectivity index (χ0n) is 12.0. The molecule has 2 fully saturated rings. The number of carbonyl (C=O) groups excluding carboxylic acids is 1. The summed E-state index contributed by atoms with van der Waals surface area (Å²) in [6, 6.07) is -0.124. The van der Waals surface area contributed by atoms with Crippen LogP contribution in [0.15, 0.2) is 0 Å². The summed E-state index contributed by atoms with van der Waals surface area (Å²) in [5, 5.41) is 2.69. The van der Waals surface area contributed by atoms with Gasteiger partial charge in [0.15, 0.2) is 5.41 Å². The van der Waals surface area contributed by atoms with Crippen molar-refractivity contribution in [1.82, 2.24) is 15.1 Å². The Bertz CT molecular complexity index is 366. The van der Waals surface area contributed by atoms with Gasteiger partial charge in [0.25, 0.3) is 0 Å². The lowest BCUT2D eigenvalue weighted by atomic mass is 9.84. The van der Waals surface area contributed by atoms with E-state index in [0.29, 0.717) is 6.54 Å². The van der Waals surface area contributed by atoms with E-state index in [4.69, 9.17) is 0 Å². The Labute approximate surface area is 117 Å². The lowest BCUT2D eigenvalue weighted by Gasteiger charge is -2.40. The van der Waals surface area contributed by atoms with Crippen molar-refractivity contribution in [1.29, 1.82) is 0 Å². The van der Waals surface area contributed by atoms with Crippen LogP contribution in [0.25, 0.3) is 0 Å².